The van der Waals surface area contributed by atoms with Crippen LogP contribution in [0.1, 0.15) is 32.1 Å². The third-order valence-electron chi connectivity index (χ3n) is 3.44. The zero-order chi connectivity index (χ0) is 11.8. The summed E-state index contributed by atoms with van der Waals surface area (Å²) in [5.41, 5.74) is -1.15. The van der Waals surface area contributed by atoms with Crippen LogP contribution in [0.25, 0.3) is 0 Å². The summed E-state index contributed by atoms with van der Waals surface area (Å²) in [7, 11) is 0. The standard InChI is InChI=1S/C11H15F3O2/c12-11(13,14)8-3-5-10(15,6-4-8)9-2-1-7-16-9/h2,8,15H,1,3-7H2. The summed E-state index contributed by atoms with van der Waals surface area (Å²) in [4.78, 5) is 0. The topological polar surface area (TPSA) is 29.5 Å². The monoisotopic (exact) mass is 236 g/mol. The van der Waals surface area contributed by atoms with Crippen molar-refractivity contribution in [3.63, 3.8) is 0 Å². The largest absolute Gasteiger partial charge is 0.495 e. The van der Waals surface area contributed by atoms with E-state index in [1.807, 2.05) is 0 Å². The first kappa shape index (κ1) is 11.8. The Morgan fingerprint density at radius 1 is 1.31 bits per heavy atom. The predicted molar refractivity (Wildman–Crippen MR) is 51.6 cm³/mol. The van der Waals surface area contributed by atoms with Gasteiger partial charge in [-0.3, -0.25) is 0 Å². The number of hydrogen-bond acceptors (Lipinski definition) is 2. The molecule has 2 aliphatic rings. The van der Waals surface area contributed by atoms with Crippen LogP contribution in [0.4, 0.5) is 13.2 Å². The summed E-state index contributed by atoms with van der Waals surface area (Å²) in [6.07, 6.45) is -1.35. The molecule has 1 fully saturated rings. The molecule has 16 heavy (non-hydrogen) atoms. The Labute approximate surface area is 92.1 Å². The van der Waals surface area contributed by atoms with Crippen LogP contribution in [0.5, 0.6) is 0 Å². The summed E-state index contributed by atoms with van der Waals surface area (Å²) in [6, 6.07) is 0. The second kappa shape index (κ2) is 3.95. The van der Waals surface area contributed by atoms with Gasteiger partial charge in [-0.2, -0.15) is 13.2 Å². The van der Waals surface area contributed by atoms with Crippen LogP contribution in [0.15, 0.2) is 11.8 Å². The van der Waals surface area contributed by atoms with Gasteiger partial charge in [0.1, 0.15) is 11.4 Å². The van der Waals surface area contributed by atoms with Gasteiger partial charge in [-0.15, -0.1) is 0 Å². The summed E-state index contributed by atoms with van der Waals surface area (Å²) in [6.45, 7) is 0.528. The van der Waals surface area contributed by atoms with Crippen LogP contribution in [0.3, 0.4) is 0 Å². The zero-order valence-corrected chi connectivity index (χ0v) is 8.89. The van der Waals surface area contributed by atoms with Crippen molar-refractivity contribution >= 4 is 0 Å². The van der Waals surface area contributed by atoms with Crippen molar-refractivity contribution in [1.29, 1.82) is 0 Å². The van der Waals surface area contributed by atoms with Gasteiger partial charge in [0.05, 0.1) is 12.5 Å². The Morgan fingerprint density at radius 3 is 2.38 bits per heavy atom. The van der Waals surface area contributed by atoms with Gasteiger partial charge in [0.15, 0.2) is 0 Å². The molecule has 1 N–H and O–H groups in total. The maximum Gasteiger partial charge on any atom is 0.391 e. The van der Waals surface area contributed by atoms with Gasteiger partial charge in [0.2, 0.25) is 0 Å². The smallest absolute Gasteiger partial charge is 0.391 e. The normalized spacial score (nSPS) is 35.8. The van der Waals surface area contributed by atoms with E-state index in [9.17, 15) is 18.3 Å². The maximum atomic E-state index is 12.4. The summed E-state index contributed by atoms with van der Waals surface area (Å²) in [5, 5.41) is 10.2. The zero-order valence-electron chi connectivity index (χ0n) is 8.89. The molecule has 0 spiro atoms. The maximum absolute atomic E-state index is 12.4. The molecule has 1 aliphatic heterocycles. The third kappa shape index (κ3) is 2.19. The molecule has 0 atom stereocenters. The van der Waals surface area contributed by atoms with Crippen molar-refractivity contribution in [2.24, 2.45) is 5.92 Å². The molecule has 0 radical (unpaired) electrons. The lowest BCUT2D eigenvalue weighted by Crippen LogP contribution is -2.39. The second-order valence-corrected chi connectivity index (χ2v) is 4.55. The van der Waals surface area contributed by atoms with E-state index in [4.69, 9.17) is 4.74 Å². The molecule has 2 nitrogen and oxygen atoms in total. The average molecular weight is 236 g/mol. The van der Waals surface area contributed by atoms with Crippen LogP contribution in [0, 0.1) is 5.92 Å². The first-order valence-electron chi connectivity index (χ1n) is 5.54. The van der Waals surface area contributed by atoms with Gasteiger partial charge in [-0.05, 0) is 31.8 Å². The predicted octanol–water partition coefficient (Wildman–Crippen LogP) is 2.77. The number of alkyl halides is 3. The second-order valence-electron chi connectivity index (χ2n) is 4.55. The van der Waals surface area contributed by atoms with E-state index in [0.29, 0.717) is 12.4 Å². The highest BCUT2D eigenvalue weighted by molar-refractivity contribution is 5.14. The van der Waals surface area contributed by atoms with Gasteiger partial charge in [0, 0.05) is 6.42 Å². The van der Waals surface area contributed by atoms with E-state index in [1.165, 1.54) is 0 Å². The third-order valence-corrected chi connectivity index (χ3v) is 3.44. The highest BCUT2D eigenvalue weighted by Crippen LogP contribution is 2.44. The molecular formula is C11H15F3O2. The fourth-order valence-corrected chi connectivity index (χ4v) is 2.41. The van der Waals surface area contributed by atoms with E-state index in [1.54, 1.807) is 6.08 Å². The van der Waals surface area contributed by atoms with Gasteiger partial charge in [-0.1, -0.05) is 0 Å². The number of hydrogen-bond donors (Lipinski definition) is 1. The fourth-order valence-electron chi connectivity index (χ4n) is 2.41. The van der Waals surface area contributed by atoms with Gasteiger partial charge < -0.3 is 9.84 Å². The van der Waals surface area contributed by atoms with E-state index >= 15 is 0 Å². The number of ether oxygens (including phenoxy) is 1. The molecule has 1 saturated carbocycles. The Hall–Kier alpha value is -0.710. The Kier molecular flexibility index (Phi) is 2.90. The number of aliphatic hydroxyl groups is 1. The van der Waals surface area contributed by atoms with Crippen molar-refractivity contribution in [2.75, 3.05) is 6.61 Å². The molecule has 0 amide bonds. The molecule has 92 valence electrons. The molecule has 0 unspecified atom stereocenters. The molecule has 1 heterocycles. The van der Waals surface area contributed by atoms with Crippen LogP contribution in [-0.4, -0.2) is 23.5 Å². The highest BCUT2D eigenvalue weighted by Gasteiger charge is 2.47. The van der Waals surface area contributed by atoms with E-state index in [0.717, 1.165) is 6.42 Å². The molecule has 2 rings (SSSR count). The van der Waals surface area contributed by atoms with Crippen molar-refractivity contribution in [3.8, 4) is 0 Å². The molecule has 0 aromatic heterocycles. The average Bonchev–Trinajstić information content (AvgIpc) is 2.70. The molecule has 0 aromatic rings. The van der Waals surface area contributed by atoms with E-state index in [2.05, 4.69) is 0 Å². The number of rotatable bonds is 1. The minimum Gasteiger partial charge on any atom is -0.495 e. The Bertz CT molecular complexity index is 288. The van der Waals surface area contributed by atoms with E-state index < -0.39 is 17.7 Å². The number of halogens is 3. The molecule has 0 saturated heterocycles. The lowest BCUT2D eigenvalue weighted by atomic mass is 9.77. The van der Waals surface area contributed by atoms with Crippen molar-refractivity contribution in [2.45, 2.75) is 43.9 Å². The van der Waals surface area contributed by atoms with Crippen molar-refractivity contribution in [3.05, 3.63) is 11.8 Å². The first-order valence-corrected chi connectivity index (χ1v) is 5.54. The van der Waals surface area contributed by atoms with Crippen LogP contribution >= 0.6 is 0 Å². The lowest BCUT2D eigenvalue weighted by Gasteiger charge is -2.36. The molecule has 0 bridgehead atoms. The van der Waals surface area contributed by atoms with Crippen LogP contribution in [-0.2, 0) is 4.74 Å². The Balaban J connectivity index is 1.98. The van der Waals surface area contributed by atoms with Gasteiger partial charge in [-0.25, -0.2) is 0 Å². The lowest BCUT2D eigenvalue weighted by molar-refractivity contribution is -0.191. The SMILES string of the molecule is OC1(C2=CCCO2)CCC(C(F)(F)F)CC1. The summed E-state index contributed by atoms with van der Waals surface area (Å²) in [5.74, 6) is -0.789. The van der Waals surface area contributed by atoms with Gasteiger partial charge in [0.25, 0.3) is 0 Å². The summed E-state index contributed by atoms with van der Waals surface area (Å²) >= 11 is 0. The van der Waals surface area contributed by atoms with E-state index in [-0.39, 0.29) is 25.7 Å². The molecule has 5 heteroatoms. The fraction of sp³-hybridized carbons (Fsp3) is 0.818. The van der Waals surface area contributed by atoms with Crippen LogP contribution in [0.2, 0.25) is 0 Å². The molecule has 1 aliphatic carbocycles. The van der Waals surface area contributed by atoms with Crippen molar-refractivity contribution < 1.29 is 23.0 Å². The minimum atomic E-state index is -4.13. The van der Waals surface area contributed by atoms with Crippen molar-refractivity contribution in [1.82, 2.24) is 0 Å². The first-order chi connectivity index (χ1) is 7.42. The summed E-state index contributed by atoms with van der Waals surface area (Å²) < 4.78 is 42.6. The molecular weight excluding hydrogens is 221 g/mol. The van der Waals surface area contributed by atoms with Crippen LogP contribution < -0.4 is 0 Å². The van der Waals surface area contributed by atoms with Gasteiger partial charge >= 0.3 is 6.18 Å². The Morgan fingerprint density at radius 2 is 1.94 bits per heavy atom. The molecule has 0 aromatic carbocycles. The minimum absolute atomic E-state index is 0.0132. The quantitative estimate of drug-likeness (QED) is 0.758. The highest BCUT2D eigenvalue weighted by atomic mass is 19.4.